The van der Waals surface area contributed by atoms with Crippen LogP contribution in [0.3, 0.4) is 0 Å². The van der Waals surface area contributed by atoms with E-state index in [1.807, 2.05) is 16.8 Å². The minimum absolute atomic E-state index is 0.0406. The SMILES string of the molecule is COc1ccc2ncc(Cl)c([C@@H](F)CC[C@@H]3CCN(CC#Cc4ccsc4)C[C@@H]3CC(=O)O)c2c1. The zero-order valence-electron chi connectivity index (χ0n) is 19.5. The molecule has 0 bridgehead atoms. The quantitative estimate of drug-likeness (QED) is 0.362. The number of aromatic nitrogens is 1. The molecule has 0 spiro atoms. The van der Waals surface area contributed by atoms with E-state index in [4.69, 9.17) is 16.3 Å². The molecule has 4 rings (SSSR count). The summed E-state index contributed by atoms with van der Waals surface area (Å²) in [5.41, 5.74) is 2.08. The Labute approximate surface area is 213 Å². The number of fused-ring (bicyclic) bond motifs is 1. The number of carboxylic acid groups (broad SMARTS) is 1. The van der Waals surface area contributed by atoms with Crippen LogP contribution in [0.4, 0.5) is 4.39 Å². The topological polar surface area (TPSA) is 62.7 Å². The normalized spacial score (nSPS) is 19.2. The minimum atomic E-state index is -1.28. The number of aliphatic carboxylic acids is 1. The summed E-state index contributed by atoms with van der Waals surface area (Å²) in [4.78, 5) is 18.1. The molecule has 1 aliphatic heterocycles. The van der Waals surface area contributed by atoms with Crippen molar-refractivity contribution < 1.29 is 19.0 Å². The predicted molar refractivity (Wildman–Crippen MR) is 138 cm³/mol. The second kappa shape index (κ2) is 11.9. The number of alkyl halides is 1. The van der Waals surface area contributed by atoms with Crippen LogP contribution in [0.1, 0.15) is 43.0 Å². The van der Waals surface area contributed by atoms with Gasteiger partial charge in [0.15, 0.2) is 0 Å². The molecule has 0 amide bonds. The lowest BCUT2D eigenvalue weighted by Crippen LogP contribution is -2.41. The molecule has 35 heavy (non-hydrogen) atoms. The molecule has 0 aliphatic carbocycles. The summed E-state index contributed by atoms with van der Waals surface area (Å²) >= 11 is 7.99. The van der Waals surface area contributed by atoms with Gasteiger partial charge in [0.1, 0.15) is 11.9 Å². The van der Waals surface area contributed by atoms with Gasteiger partial charge in [-0.3, -0.25) is 14.7 Å². The highest BCUT2D eigenvalue weighted by Crippen LogP contribution is 2.39. The lowest BCUT2D eigenvalue weighted by molar-refractivity contribution is -0.139. The number of ether oxygens (including phenoxy) is 1. The monoisotopic (exact) mass is 514 g/mol. The van der Waals surface area contributed by atoms with Crippen LogP contribution < -0.4 is 4.74 Å². The molecule has 1 N–H and O–H groups in total. The number of benzene rings is 1. The van der Waals surface area contributed by atoms with E-state index in [0.717, 1.165) is 18.5 Å². The highest BCUT2D eigenvalue weighted by Gasteiger charge is 2.31. The van der Waals surface area contributed by atoms with Crippen LogP contribution in [0.5, 0.6) is 5.75 Å². The van der Waals surface area contributed by atoms with E-state index in [-0.39, 0.29) is 24.7 Å². The molecule has 1 aromatic carbocycles. The number of methoxy groups -OCH3 is 1. The van der Waals surface area contributed by atoms with Crippen molar-refractivity contribution in [3.63, 3.8) is 0 Å². The molecule has 1 aliphatic rings. The first kappa shape index (κ1) is 25.4. The second-order valence-electron chi connectivity index (χ2n) is 8.90. The van der Waals surface area contributed by atoms with E-state index < -0.39 is 12.1 Å². The summed E-state index contributed by atoms with van der Waals surface area (Å²) in [6.07, 6.45) is 1.98. The molecular weight excluding hydrogens is 487 g/mol. The molecular formula is C27H28ClFN2O3S. The van der Waals surface area contributed by atoms with E-state index in [1.54, 1.807) is 36.6 Å². The minimum Gasteiger partial charge on any atom is -0.497 e. The summed E-state index contributed by atoms with van der Waals surface area (Å²) in [6.45, 7) is 2.08. The van der Waals surface area contributed by atoms with Gasteiger partial charge in [0.25, 0.3) is 0 Å². The number of thiophene rings is 1. The van der Waals surface area contributed by atoms with Gasteiger partial charge in [-0.25, -0.2) is 4.39 Å². The summed E-state index contributed by atoms with van der Waals surface area (Å²) in [6, 6.07) is 7.33. The molecule has 0 radical (unpaired) electrons. The van der Waals surface area contributed by atoms with Crippen molar-refractivity contribution in [3.8, 4) is 17.6 Å². The van der Waals surface area contributed by atoms with Crippen LogP contribution in [0.25, 0.3) is 10.9 Å². The fraction of sp³-hybridized carbons (Fsp3) is 0.407. The Morgan fingerprint density at radius 1 is 1.40 bits per heavy atom. The van der Waals surface area contributed by atoms with Crippen molar-refractivity contribution in [2.45, 2.75) is 31.9 Å². The Morgan fingerprint density at radius 3 is 3.00 bits per heavy atom. The highest BCUT2D eigenvalue weighted by molar-refractivity contribution is 7.08. The third-order valence-corrected chi connectivity index (χ3v) is 7.63. The molecule has 1 fully saturated rings. The van der Waals surface area contributed by atoms with Gasteiger partial charge in [-0.15, -0.1) is 0 Å². The van der Waals surface area contributed by atoms with Crippen molar-refractivity contribution in [2.75, 3.05) is 26.7 Å². The summed E-state index contributed by atoms with van der Waals surface area (Å²) in [5.74, 6) is 6.23. The average molecular weight is 515 g/mol. The summed E-state index contributed by atoms with van der Waals surface area (Å²) in [5, 5.41) is 14.4. The lowest BCUT2D eigenvalue weighted by atomic mass is 9.79. The maximum Gasteiger partial charge on any atom is 0.303 e. The fourth-order valence-electron chi connectivity index (χ4n) is 4.84. The van der Waals surface area contributed by atoms with Gasteiger partial charge in [-0.05, 0) is 67.3 Å². The predicted octanol–water partition coefficient (Wildman–Crippen LogP) is 6.21. The van der Waals surface area contributed by atoms with Crippen molar-refractivity contribution in [2.24, 2.45) is 11.8 Å². The van der Waals surface area contributed by atoms with E-state index in [0.29, 0.717) is 46.7 Å². The Hall–Kier alpha value is -2.66. The fourth-order valence-corrected chi connectivity index (χ4v) is 5.70. The first-order chi connectivity index (χ1) is 16.9. The third-order valence-electron chi connectivity index (χ3n) is 6.64. The van der Waals surface area contributed by atoms with Crippen molar-refractivity contribution in [3.05, 3.63) is 57.4 Å². The van der Waals surface area contributed by atoms with Gasteiger partial charge in [-0.2, -0.15) is 11.3 Å². The highest BCUT2D eigenvalue weighted by atomic mass is 35.5. The summed E-state index contributed by atoms with van der Waals surface area (Å²) in [7, 11) is 1.56. The number of rotatable bonds is 8. The number of piperidine rings is 1. The van der Waals surface area contributed by atoms with Gasteiger partial charge >= 0.3 is 5.97 Å². The number of carbonyl (C=O) groups is 1. The Bertz CT molecular complexity index is 1220. The van der Waals surface area contributed by atoms with Crippen molar-refractivity contribution >= 4 is 39.8 Å². The number of hydrogen-bond donors (Lipinski definition) is 1. The second-order valence-corrected chi connectivity index (χ2v) is 10.1. The zero-order chi connectivity index (χ0) is 24.8. The lowest BCUT2D eigenvalue weighted by Gasteiger charge is -2.37. The molecule has 3 heterocycles. The number of pyridine rings is 1. The van der Waals surface area contributed by atoms with E-state index in [1.165, 1.54) is 6.20 Å². The van der Waals surface area contributed by atoms with E-state index >= 15 is 4.39 Å². The largest absolute Gasteiger partial charge is 0.497 e. The first-order valence-electron chi connectivity index (χ1n) is 11.7. The molecule has 2 aromatic heterocycles. The van der Waals surface area contributed by atoms with Gasteiger partial charge < -0.3 is 9.84 Å². The van der Waals surface area contributed by atoms with Crippen LogP contribution in [0, 0.1) is 23.7 Å². The van der Waals surface area contributed by atoms with Crippen LogP contribution in [0.15, 0.2) is 41.2 Å². The molecule has 8 heteroatoms. The zero-order valence-corrected chi connectivity index (χ0v) is 21.1. The smallest absolute Gasteiger partial charge is 0.303 e. The van der Waals surface area contributed by atoms with Crippen molar-refractivity contribution in [1.82, 2.24) is 9.88 Å². The number of likely N-dealkylation sites (tertiary alicyclic amines) is 1. The van der Waals surface area contributed by atoms with Crippen LogP contribution in [-0.2, 0) is 4.79 Å². The maximum atomic E-state index is 15.6. The number of hydrogen-bond acceptors (Lipinski definition) is 5. The molecule has 0 saturated carbocycles. The average Bonchev–Trinajstić information content (AvgIpc) is 3.36. The maximum absolute atomic E-state index is 15.6. The Morgan fingerprint density at radius 2 is 2.26 bits per heavy atom. The van der Waals surface area contributed by atoms with Crippen LogP contribution >= 0.6 is 22.9 Å². The van der Waals surface area contributed by atoms with Crippen LogP contribution in [-0.4, -0.2) is 47.7 Å². The van der Waals surface area contributed by atoms with Gasteiger partial charge in [0.05, 0.1) is 24.2 Å². The molecule has 1 saturated heterocycles. The van der Waals surface area contributed by atoms with Gasteiger partial charge in [0, 0.05) is 41.1 Å². The number of nitrogens with zero attached hydrogens (tertiary/aromatic N) is 2. The van der Waals surface area contributed by atoms with Gasteiger partial charge in [-0.1, -0.05) is 23.4 Å². The standard InChI is InChI=1S/C27H28ClFN2O3S/c1-34-21-5-7-25-22(14-21)27(23(28)15-30-25)24(29)6-4-19-8-11-31(16-20(19)13-26(32)33)10-2-3-18-9-12-35-17-18/h5,7,9,12,14-15,17,19-20,24H,4,6,8,10-11,13,16H2,1H3,(H,32,33)/t19-,20+,24+/m1/s1. The molecule has 3 aromatic rings. The number of halogens is 2. The Kier molecular flexibility index (Phi) is 8.61. The van der Waals surface area contributed by atoms with Crippen molar-refractivity contribution in [1.29, 1.82) is 0 Å². The molecule has 184 valence electrons. The molecule has 5 nitrogen and oxygen atoms in total. The first-order valence-corrected chi connectivity index (χ1v) is 13.0. The van der Waals surface area contributed by atoms with Gasteiger partial charge in [0.2, 0.25) is 0 Å². The molecule has 0 unspecified atom stereocenters. The van der Waals surface area contributed by atoms with E-state index in [9.17, 15) is 9.90 Å². The molecule has 3 atom stereocenters. The third kappa shape index (κ3) is 6.52. The number of carboxylic acids is 1. The Balaban J connectivity index is 1.42. The summed E-state index contributed by atoms with van der Waals surface area (Å²) < 4.78 is 20.9. The van der Waals surface area contributed by atoms with E-state index in [2.05, 4.69) is 21.7 Å². The van der Waals surface area contributed by atoms with Crippen LogP contribution in [0.2, 0.25) is 5.02 Å².